The molecule has 0 aliphatic heterocycles. The predicted molar refractivity (Wildman–Crippen MR) is 41.2 cm³/mol. The Hall–Kier alpha value is -1.52. The molecule has 0 saturated heterocycles. The quantitative estimate of drug-likeness (QED) is 0.695. The molecule has 1 aromatic heterocycles. The molecule has 0 aliphatic rings. The van der Waals surface area contributed by atoms with Crippen LogP contribution in [0.15, 0.2) is 4.42 Å². The maximum absolute atomic E-state index is 11.1. The molecule has 0 fully saturated rings. The van der Waals surface area contributed by atoms with E-state index in [9.17, 15) is 4.79 Å². The van der Waals surface area contributed by atoms with Crippen LogP contribution in [0.3, 0.4) is 0 Å². The van der Waals surface area contributed by atoms with Gasteiger partial charge in [0.1, 0.15) is 0 Å². The zero-order valence-corrected chi connectivity index (χ0v) is 7.17. The minimum absolute atomic E-state index is 0.103. The lowest BCUT2D eigenvalue weighted by Gasteiger charge is -1.92. The van der Waals surface area contributed by atoms with Crippen LogP contribution in [0.25, 0.3) is 0 Å². The average Bonchev–Trinajstić information content (AvgIpc) is 2.45. The zero-order chi connectivity index (χ0) is 9.14. The van der Waals surface area contributed by atoms with E-state index in [1.165, 1.54) is 14.2 Å². The fraction of sp³-hybridized carbons (Fsp3) is 0.429. The van der Waals surface area contributed by atoms with Gasteiger partial charge in [-0.05, 0) is 6.92 Å². The number of nitrogens with zero attached hydrogens (tertiary/aromatic N) is 1. The maximum Gasteiger partial charge on any atom is 0.394 e. The summed E-state index contributed by atoms with van der Waals surface area (Å²) in [4.78, 5) is 14.9. The number of amides is 1. The summed E-state index contributed by atoms with van der Waals surface area (Å²) >= 11 is 0. The highest BCUT2D eigenvalue weighted by molar-refractivity contribution is 5.92. The highest BCUT2D eigenvalue weighted by Crippen LogP contribution is 2.15. The molecule has 1 amide bonds. The summed E-state index contributed by atoms with van der Waals surface area (Å²) in [7, 11) is 2.95. The lowest BCUT2D eigenvalue weighted by molar-refractivity contribution is 0.0928. The highest BCUT2D eigenvalue weighted by Gasteiger charge is 2.15. The van der Waals surface area contributed by atoms with E-state index in [0.717, 1.165) is 0 Å². The van der Waals surface area contributed by atoms with Gasteiger partial charge in [0.25, 0.3) is 5.91 Å². The van der Waals surface area contributed by atoms with Crippen molar-refractivity contribution in [2.75, 3.05) is 14.2 Å². The molecule has 0 aliphatic carbocycles. The second-order valence-electron chi connectivity index (χ2n) is 2.18. The number of oxazole rings is 1. The van der Waals surface area contributed by atoms with Gasteiger partial charge >= 0.3 is 6.08 Å². The number of rotatable bonds is 2. The summed E-state index contributed by atoms with van der Waals surface area (Å²) in [6.45, 7) is 1.68. The fourth-order valence-corrected chi connectivity index (χ4v) is 0.783. The van der Waals surface area contributed by atoms with Gasteiger partial charge < -0.3 is 14.5 Å². The van der Waals surface area contributed by atoms with Crippen LogP contribution >= 0.6 is 0 Å². The van der Waals surface area contributed by atoms with E-state index in [1.54, 1.807) is 6.92 Å². The molecule has 66 valence electrons. The minimum atomic E-state index is -0.302. The van der Waals surface area contributed by atoms with Gasteiger partial charge in [-0.25, -0.2) is 0 Å². The van der Waals surface area contributed by atoms with Gasteiger partial charge in [-0.15, -0.1) is 0 Å². The monoisotopic (exact) mass is 170 g/mol. The number of aryl methyl sites for hydroxylation is 1. The summed E-state index contributed by atoms with van der Waals surface area (Å²) in [5.41, 5.74) is 0.520. The van der Waals surface area contributed by atoms with Gasteiger partial charge in [-0.2, -0.15) is 4.98 Å². The zero-order valence-electron chi connectivity index (χ0n) is 7.17. The molecule has 0 unspecified atom stereocenters. The van der Waals surface area contributed by atoms with Crippen molar-refractivity contribution >= 4 is 5.91 Å². The molecule has 0 spiro atoms. The van der Waals surface area contributed by atoms with Gasteiger partial charge in [-0.3, -0.25) is 4.79 Å². The molecule has 1 aromatic rings. The van der Waals surface area contributed by atoms with Crippen molar-refractivity contribution in [2.24, 2.45) is 0 Å². The Kier molecular flexibility index (Phi) is 2.32. The summed E-state index contributed by atoms with van der Waals surface area (Å²) in [6, 6.07) is 0. The summed E-state index contributed by atoms with van der Waals surface area (Å²) in [6.07, 6.45) is 0.103. The van der Waals surface area contributed by atoms with Gasteiger partial charge in [0.2, 0.25) is 5.76 Å². The number of aromatic nitrogens is 1. The molecule has 0 radical (unpaired) electrons. The van der Waals surface area contributed by atoms with E-state index in [1.807, 2.05) is 0 Å². The number of hydrogen-bond acceptors (Lipinski definition) is 4. The van der Waals surface area contributed by atoms with Crippen LogP contribution < -0.4 is 10.1 Å². The normalized spacial score (nSPS) is 9.58. The number of ether oxygens (including phenoxy) is 1. The average molecular weight is 170 g/mol. The number of methoxy groups -OCH3 is 1. The van der Waals surface area contributed by atoms with Crippen molar-refractivity contribution in [3.05, 3.63) is 11.5 Å². The van der Waals surface area contributed by atoms with E-state index in [-0.39, 0.29) is 17.7 Å². The van der Waals surface area contributed by atoms with E-state index in [4.69, 9.17) is 9.15 Å². The van der Waals surface area contributed by atoms with Crippen LogP contribution in [0.2, 0.25) is 0 Å². The highest BCUT2D eigenvalue weighted by atomic mass is 16.6. The van der Waals surface area contributed by atoms with Crippen LogP contribution in [-0.4, -0.2) is 25.0 Å². The van der Waals surface area contributed by atoms with Crippen molar-refractivity contribution in [3.8, 4) is 6.08 Å². The molecule has 0 bridgehead atoms. The van der Waals surface area contributed by atoms with E-state index in [0.29, 0.717) is 5.69 Å². The Balaban J connectivity index is 2.99. The first-order chi connectivity index (χ1) is 5.69. The standard InChI is InChI=1S/C7H10N2O3/c1-4-5(6(10)8-2)12-7(9-4)11-3/h1-3H3,(H,8,10). The van der Waals surface area contributed by atoms with Gasteiger partial charge in [0, 0.05) is 7.05 Å². The van der Waals surface area contributed by atoms with Gasteiger partial charge in [-0.1, -0.05) is 0 Å². The van der Waals surface area contributed by atoms with Crippen LogP contribution in [0, 0.1) is 6.92 Å². The molecule has 12 heavy (non-hydrogen) atoms. The third kappa shape index (κ3) is 1.39. The van der Waals surface area contributed by atoms with E-state index >= 15 is 0 Å². The predicted octanol–water partition coefficient (Wildman–Crippen LogP) is 0.351. The lowest BCUT2D eigenvalue weighted by atomic mass is 10.3. The fourth-order valence-electron chi connectivity index (χ4n) is 0.783. The molecule has 1 rings (SSSR count). The lowest BCUT2D eigenvalue weighted by Crippen LogP contribution is -2.17. The van der Waals surface area contributed by atoms with Crippen molar-refractivity contribution in [2.45, 2.75) is 6.92 Å². The van der Waals surface area contributed by atoms with Crippen LogP contribution in [0.1, 0.15) is 16.2 Å². The molecule has 0 saturated carbocycles. The van der Waals surface area contributed by atoms with E-state index in [2.05, 4.69) is 10.3 Å². The molecular weight excluding hydrogens is 160 g/mol. The number of carbonyl (C=O) groups is 1. The SMILES string of the molecule is CNC(=O)c1oc(OC)nc1C. The summed E-state index contributed by atoms with van der Waals surface area (Å²) < 4.78 is 9.68. The first kappa shape index (κ1) is 8.58. The summed E-state index contributed by atoms with van der Waals surface area (Å²) in [5.74, 6) is -0.113. The summed E-state index contributed by atoms with van der Waals surface area (Å²) in [5, 5.41) is 2.43. The molecule has 0 atom stereocenters. The smallest absolute Gasteiger partial charge is 0.394 e. The van der Waals surface area contributed by atoms with Crippen LogP contribution in [0.5, 0.6) is 6.08 Å². The van der Waals surface area contributed by atoms with Crippen molar-refractivity contribution in [1.29, 1.82) is 0 Å². The van der Waals surface area contributed by atoms with Crippen molar-refractivity contribution in [3.63, 3.8) is 0 Å². The second kappa shape index (κ2) is 3.25. The molecule has 5 heteroatoms. The third-order valence-electron chi connectivity index (χ3n) is 1.38. The van der Waals surface area contributed by atoms with Gasteiger partial charge in [0.15, 0.2) is 0 Å². The molecule has 1 N–H and O–H groups in total. The second-order valence-corrected chi connectivity index (χ2v) is 2.18. The Morgan fingerprint density at radius 3 is 2.75 bits per heavy atom. The van der Waals surface area contributed by atoms with Crippen molar-refractivity contribution < 1.29 is 13.9 Å². The Bertz CT molecular complexity index is 293. The van der Waals surface area contributed by atoms with Crippen LogP contribution in [0.4, 0.5) is 0 Å². The first-order valence-corrected chi connectivity index (χ1v) is 3.42. The number of hydrogen-bond donors (Lipinski definition) is 1. The Morgan fingerprint density at radius 2 is 2.33 bits per heavy atom. The third-order valence-corrected chi connectivity index (χ3v) is 1.38. The Morgan fingerprint density at radius 1 is 1.67 bits per heavy atom. The number of nitrogens with one attached hydrogen (secondary N) is 1. The Labute approximate surface area is 69.7 Å². The number of carbonyl (C=O) groups excluding carboxylic acids is 1. The molecule has 0 aromatic carbocycles. The topological polar surface area (TPSA) is 64.4 Å². The molecule has 1 heterocycles. The van der Waals surface area contributed by atoms with Crippen molar-refractivity contribution in [1.82, 2.24) is 10.3 Å². The van der Waals surface area contributed by atoms with E-state index < -0.39 is 0 Å². The van der Waals surface area contributed by atoms with Crippen LogP contribution in [-0.2, 0) is 0 Å². The molecule has 5 nitrogen and oxygen atoms in total. The largest absolute Gasteiger partial charge is 0.453 e. The first-order valence-electron chi connectivity index (χ1n) is 3.42. The van der Waals surface area contributed by atoms with Gasteiger partial charge in [0.05, 0.1) is 12.8 Å². The maximum atomic E-state index is 11.1. The minimum Gasteiger partial charge on any atom is -0.453 e. The molecular formula is C7H10N2O3.